The van der Waals surface area contributed by atoms with Gasteiger partial charge in [-0.3, -0.25) is 0 Å². The zero-order valence-electron chi connectivity index (χ0n) is 10.5. The molecule has 1 aromatic heterocycles. The second kappa shape index (κ2) is 5.34. The number of ether oxygens (including phenoxy) is 1. The highest BCUT2D eigenvalue weighted by molar-refractivity contribution is 8.15. The maximum atomic E-state index is 11.5. The quantitative estimate of drug-likeness (QED) is 0.821. The fourth-order valence-electron chi connectivity index (χ4n) is 1.45. The summed E-state index contributed by atoms with van der Waals surface area (Å²) in [6, 6.07) is 1.88. The summed E-state index contributed by atoms with van der Waals surface area (Å²) in [5.41, 5.74) is 1.71. The molecule has 0 spiro atoms. The second-order valence-corrected chi connectivity index (χ2v) is 4.66. The number of thioether (sulfide) groups is 1. The summed E-state index contributed by atoms with van der Waals surface area (Å²) >= 11 is 1.47. The standard InChI is InChI=1S/C11H14N4O2S/c1-4-17-11(16)15-6-18-10(15)14-9-12-7(2)5-8(3)13-9/h5H,4,6H2,1-3H3/b14-10-. The molecule has 7 heteroatoms. The molecule has 6 nitrogen and oxygen atoms in total. The van der Waals surface area contributed by atoms with E-state index in [1.165, 1.54) is 16.7 Å². The van der Waals surface area contributed by atoms with Crippen LogP contribution in [0.4, 0.5) is 10.7 Å². The summed E-state index contributed by atoms with van der Waals surface area (Å²) in [6.45, 7) is 5.90. The number of aliphatic imine (C=N–C) groups is 1. The molecule has 2 rings (SSSR count). The van der Waals surface area contributed by atoms with Gasteiger partial charge in [0.2, 0.25) is 0 Å². The van der Waals surface area contributed by atoms with Crippen LogP contribution in [-0.4, -0.2) is 38.6 Å². The maximum Gasteiger partial charge on any atom is 0.416 e. The number of nitrogens with zero attached hydrogens (tertiary/aromatic N) is 4. The highest BCUT2D eigenvalue weighted by atomic mass is 32.2. The first-order valence-electron chi connectivity index (χ1n) is 5.58. The lowest BCUT2D eigenvalue weighted by Gasteiger charge is -2.29. The van der Waals surface area contributed by atoms with Crippen LogP contribution in [0.25, 0.3) is 0 Å². The SMILES string of the molecule is CCOC(=O)N1CS/C1=N\c1nc(C)cc(C)n1. The molecule has 0 atom stereocenters. The van der Waals surface area contributed by atoms with Crippen LogP contribution in [0, 0.1) is 13.8 Å². The molecule has 1 amide bonds. The normalized spacial score (nSPS) is 16.6. The van der Waals surface area contributed by atoms with Gasteiger partial charge in [0.15, 0.2) is 5.17 Å². The number of rotatable bonds is 2. The lowest BCUT2D eigenvalue weighted by atomic mass is 10.4. The molecule has 0 unspecified atom stereocenters. The summed E-state index contributed by atoms with van der Waals surface area (Å²) in [7, 11) is 0. The summed E-state index contributed by atoms with van der Waals surface area (Å²) in [6.07, 6.45) is -0.376. The number of carbonyl (C=O) groups excluding carboxylic acids is 1. The van der Waals surface area contributed by atoms with Crippen LogP contribution < -0.4 is 0 Å². The average molecular weight is 266 g/mol. The van der Waals surface area contributed by atoms with Crippen LogP contribution in [0.2, 0.25) is 0 Å². The molecule has 0 aromatic carbocycles. The molecular weight excluding hydrogens is 252 g/mol. The van der Waals surface area contributed by atoms with Crippen molar-refractivity contribution in [3.8, 4) is 0 Å². The molecule has 0 N–H and O–H groups in total. The third-order valence-corrected chi connectivity index (χ3v) is 3.17. The predicted molar refractivity (Wildman–Crippen MR) is 69.9 cm³/mol. The van der Waals surface area contributed by atoms with E-state index in [-0.39, 0.29) is 6.09 Å². The third-order valence-electron chi connectivity index (χ3n) is 2.21. The van der Waals surface area contributed by atoms with E-state index >= 15 is 0 Å². The Morgan fingerprint density at radius 1 is 1.50 bits per heavy atom. The van der Waals surface area contributed by atoms with E-state index in [0.29, 0.717) is 23.6 Å². The molecule has 1 aliphatic heterocycles. The van der Waals surface area contributed by atoms with E-state index in [0.717, 1.165) is 11.4 Å². The van der Waals surface area contributed by atoms with Crippen molar-refractivity contribution in [3.63, 3.8) is 0 Å². The molecule has 0 radical (unpaired) electrons. The minimum atomic E-state index is -0.376. The number of carbonyl (C=O) groups is 1. The molecule has 1 fully saturated rings. The summed E-state index contributed by atoms with van der Waals surface area (Å²) in [5.74, 6) is 0.937. The van der Waals surface area contributed by atoms with Gasteiger partial charge < -0.3 is 4.74 Å². The highest BCUT2D eigenvalue weighted by Crippen LogP contribution is 2.26. The van der Waals surface area contributed by atoms with Gasteiger partial charge in [0, 0.05) is 11.4 Å². The third kappa shape index (κ3) is 2.79. The van der Waals surface area contributed by atoms with Crippen molar-refractivity contribution in [1.29, 1.82) is 0 Å². The van der Waals surface area contributed by atoms with Crippen molar-refractivity contribution in [2.45, 2.75) is 20.8 Å². The van der Waals surface area contributed by atoms with Crippen molar-refractivity contribution < 1.29 is 9.53 Å². The smallest absolute Gasteiger partial charge is 0.416 e. The minimum Gasteiger partial charge on any atom is -0.449 e. The topological polar surface area (TPSA) is 67.7 Å². The van der Waals surface area contributed by atoms with Gasteiger partial charge in [-0.25, -0.2) is 19.7 Å². The van der Waals surface area contributed by atoms with E-state index in [1.807, 2.05) is 19.9 Å². The van der Waals surface area contributed by atoms with Crippen molar-refractivity contribution in [1.82, 2.24) is 14.9 Å². The zero-order chi connectivity index (χ0) is 13.1. The van der Waals surface area contributed by atoms with Crippen LogP contribution in [0.15, 0.2) is 11.1 Å². The van der Waals surface area contributed by atoms with Gasteiger partial charge in [-0.2, -0.15) is 4.99 Å². The monoisotopic (exact) mass is 266 g/mol. The Morgan fingerprint density at radius 3 is 2.67 bits per heavy atom. The minimum absolute atomic E-state index is 0.354. The van der Waals surface area contributed by atoms with E-state index in [9.17, 15) is 4.79 Å². The van der Waals surface area contributed by atoms with Crippen LogP contribution in [-0.2, 0) is 4.74 Å². The molecular formula is C11H14N4O2S. The lowest BCUT2D eigenvalue weighted by molar-refractivity contribution is 0.132. The van der Waals surface area contributed by atoms with E-state index in [1.54, 1.807) is 6.92 Å². The van der Waals surface area contributed by atoms with Crippen LogP contribution in [0.1, 0.15) is 18.3 Å². The number of hydrogen-bond donors (Lipinski definition) is 0. The van der Waals surface area contributed by atoms with Crippen molar-refractivity contribution in [2.24, 2.45) is 4.99 Å². The summed E-state index contributed by atoms with van der Waals surface area (Å²) in [5, 5.41) is 0.582. The molecule has 1 aliphatic rings. The Labute approximate surface area is 109 Å². The van der Waals surface area contributed by atoms with E-state index < -0.39 is 0 Å². The number of aryl methyl sites for hydroxylation is 2. The van der Waals surface area contributed by atoms with Gasteiger partial charge in [-0.15, -0.1) is 0 Å². The zero-order valence-corrected chi connectivity index (χ0v) is 11.3. The van der Waals surface area contributed by atoms with Crippen molar-refractivity contribution in [3.05, 3.63) is 17.5 Å². The fourth-order valence-corrected chi connectivity index (χ4v) is 2.15. The Morgan fingerprint density at radius 2 is 2.17 bits per heavy atom. The summed E-state index contributed by atoms with van der Waals surface area (Å²) < 4.78 is 4.91. The van der Waals surface area contributed by atoms with Crippen molar-refractivity contribution in [2.75, 3.05) is 12.5 Å². The fraction of sp³-hybridized carbons (Fsp3) is 0.455. The first kappa shape index (κ1) is 12.8. The Hall–Kier alpha value is -1.63. The molecule has 18 heavy (non-hydrogen) atoms. The maximum absolute atomic E-state index is 11.5. The van der Waals surface area contributed by atoms with Crippen molar-refractivity contribution >= 4 is 29.0 Å². The number of hydrogen-bond acceptors (Lipinski definition) is 6. The second-order valence-electron chi connectivity index (χ2n) is 3.75. The van der Waals surface area contributed by atoms with Gasteiger partial charge in [0.25, 0.3) is 5.95 Å². The van der Waals surface area contributed by atoms with Gasteiger partial charge in [-0.05, 0) is 26.8 Å². The summed E-state index contributed by atoms with van der Waals surface area (Å²) in [4.78, 5) is 25.7. The molecule has 0 bridgehead atoms. The predicted octanol–water partition coefficient (Wildman–Crippen LogP) is 2.24. The molecule has 96 valence electrons. The van der Waals surface area contributed by atoms with Gasteiger partial charge in [0.1, 0.15) is 0 Å². The Kier molecular flexibility index (Phi) is 3.81. The van der Waals surface area contributed by atoms with Gasteiger partial charge >= 0.3 is 6.09 Å². The lowest BCUT2D eigenvalue weighted by Crippen LogP contribution is -2.43. The molecule has 2 heterocycles. The first-order valence-corrected chi connectivity index (χ1v) is 6.56. The van der Waals surface area contributed by atoms with E-state index in [2.05, 4.69) is 15.0 Å². The number of amides is 1. The largest absolute Gasteiger partial charge is 0.449 e. The average Bonchev–Trinajstić information content (AvgIpc) is 2.23. The highest BCUT2D eigenvalue weighted by Gasteiger charge is 2.30. The molecule has 0 aliphatic carbocycles. The number of amidine groups is 1. The number of aromatic nitrogens is 2. The van der Waals surface area contributed by atoms with E-state index in [4.69, 9.17) is 4.74 Å². The van der Waals surface area contributed by atoms with Gasteiger partial charge in [0.05, 0.1) is 12.5 Å². The van der Waals surface area contributed by atoms with Crippen LogP contribution in [0.3, 0.4) is 0 Å². The Bertz CT molecular complexity index is 484. The molecule has 0 saturated carbocycles. The Balaban J connectivity index is 2.16. The van der Waals surface area contributed by atoms with Gasteiger partial charge in [-0.1, -0.05) is 11.8 Å². The van der Waals surface area contributed by atoms with Crippen LogP contribution >= 0.6 is 11.8 Å². The first-order chi connectivity index (χ1) is 8.60. The molecule has 1 saturated heterocycles. The van der Waals surface area contributed by atoms with Crippen LogP contribution in [0.5, 0.6) is 0 Å². The molecule has 1 aromatic rings.